The molecule has 0 atom stereocenters. The van der Waals surface area contributed by atoms with E-state index < -0.39 is 0 Å². The molecule has 0 aliphatic heterocycles. The molecular formula is C18H19NOS. The highest BCUT2D eigenvalue weighted by Gasteiger charge is 2.14. The standard InChI is InChI=1S/C18H19NOS/c1-18(2,3)13-10-8-12(9-11-13)17-19-16-14(20-4)6-5-7-15(16)21-17/h5-11H,1-4H3. The molecule has 0 radical (unpaired) electrons. The molecule has 0 unspecified atom stereocenters. The number of methoxy groups -OCH3 is 1. The minimum absolute atomic E-state index is 0.176. The average Bonchev–Trinajstić information content (AvgIpc) is 2.90. The summed E-state index contributed by atoms with van der Waals surface area (Å²) < 4.78 is 6.54. The third-order valence-electron chi connectivity index (χ3n) is 3.60. The Hall–Kier alpha value is -1.87. The number of aromatic nitrogens is 1. The van der Waals surface area contributed by atoms with Gasteiger partial charge in [-0.1, -0.05) is 51.1 Å². The van der Waals surface area contributed by atoms with E-state index in [1.54, 1.807) is 18.4 Å². The van der Waals surface area contributed by atoms with Gasteiger partial charge in [0.25, 0.3) is 0 Å². The second-order valence-electron chi connectivity index (χ2n) is 6.15. The Morgan fingerprint density at radius 2 is 1.71 bits per heavy atom. The zero-order chi connectivity index (χ0) is 15.0. The van der Waals surface area contributed by atoms with Gasteiger partial charge in [-0.2, -0.15) is 0 Å². The monoisotopic (exact) mass is 297 g/mol. The average molecular weight is 297 g/mol. The van der Waals surface area contributed by atoms with E-state index in [2.05, 4.69) is 51.1 Å². The van der Waals surface area contributed by atoms with Crippen LogP contribution in [0.2, 0.25) is 0 Å². The maximum Gasteiger partial charge on any atom is 0.145 e. The molecule has 0 amide bonds. The van der Waals surface area contributed by atoms with Crippen LogP contribution in [-0.2, 0) is 5.41 Å². The van der Waals surface area contributed by atoms with Crippen LogP contribution in [0, 0.1) is 0 Å². The quantitative estimate of drug-likeness (QED) is 0.643. The summed E-state index contributed by atoms with van der Waals surface area (Å²) in [4.78, 5) is 4.74. The molecule has 3 rings (SSSR count). The number of nitrogens with zero attached hydrogens (tertiary/aromatic N) is 1. The van der Waals surface area contributed by atoms with Crippen LogP contribution in [0.5, 0.6) is 5.75 Å². The summed E-state index contributed by atoms with van der Waals surface area (Å²) >= 11 is 1.70. The Balaban J connectivity index is 2.04. The summed E-state index contributed by atoms with van der Waals surface area (Å²) in [6, 6.07) is 14.7. The summed E-state index contributed by atoms with van der Waals surface area (Å²) in [6.07, 6.45) is 0. The van der Waals surface area contributed by atoms with Gasteiger partial charge in [-0.25, -0.2) is 4.98 Å². The van der Waals surface area contributed by atoms with E-state index in [-0.39, 0.29) is 5.41 Å². The van der Waals surface area contributed by atoms with Crippen molar-refractivity contribution >= 4 is 21.6 Å². The van der Waals surface area contributed by atoms with Gasteiger partial charge in [0.05, 0.1) is 11.8 Å². The normalized spacial score (nSPS) is 11.8. The maximum atomic E-state index is 5.38. The third-order valence-corrected chi connectivity index (χ3v) is 4.67. The van der Waals surface area contributed by atoms with Crippen LogP contribution >= 0.6 is 11.3 Å². The van der Waals surface area contributed by atoms with Crippen molar-refractivity contribution in [3.8, 4) is 16.3 Å². The molecule has 0 aliphatic rings. The molecule has 2 aromatic carbocycles. The Morgan fingerprint density at radius 1 is 1.00 bits per heavy atom. The first kappa shape index (κ1) is 14.1. The maximum absolute atomic E-state index is 5.38. The number of fused-ring (bicyclic) bond motifs is 1. The van der Waals surface area contributed by atoms with E-state index in [1.807, 2.05) is 12.1 Å². The van der Waals surface area contributed by atoms with Gasteiger partial charge in [0.15, 0.2) is 0 Å². The largest absolute Gasteiger partial charge is 0.494 e. The molecule has 2 nitrogen and oxygen atoms in total. The molecule has 0 saturated heterocycles. The van der Waals surface area contributed by atoms with Crippen molar-refractivity contribution in [3.63, 3.8) is 0 Å². The van der Waals surface area contributed by atoms with Crippen molar-refractivity contribution in [2.24, 2.45) is 0 Å². The van der Waals surface area contributed by atoms with Crippen molar-refractivity contribution in [2.45, 2.75) is 26.2 Å². The van der Waals surface area contributed by atoms with Crippen molar-refractivity contribution in [2.75, 3.05) is 7.11 Å². The van der Waals surface area contributed by atoms with Crippen LogP contribution in [0.4, 0.5) is 0 Å². The van der Waals surface area contributed by atoms with Gasteiger partial charge in [-0.15, -0.1) is 11.3 Å². The van der Waals surface area contributed by atoms with Gasteiger partial charge >= 0.3 is 0 Å². The number of rotatable bonds is 2. The fourth-order valence-electron chi connectivity index (χ4n) is 2.32. The van der Waals surface area contributed by atoms with Crippen LogP contribution in [0.3, 0.4) is 0 Å². The molecule has 3 aromatic rings. The molecule has 0 fully saturated rings. The first-order chi connectivity index (χ1) is 9.99. The second-order valence-corrected chi connectivity index (χ2v) is 7.18. The fraction of sp³-hybridized carbons (Fsp3) is 0.278. The number of hydrogen-bond donors (Lipinski definition) is 0. The van der Waals surface area contributed by atoms with Crippen LogP contribution in [0.1, 0.15) is 26.3 Å². The summed E-state index contributed by atoms with van der Waals surface area (Å²) in [6.45, 7) is 6.68. The van der Waals surface area contributed by atoms with Crippen molar-refractivity contribution in [1.82, 2.24) is 4.98 Å². The second kappa shape index (κ2) is 5.15. The van der Waals surface area contributed by atoms with Crippen LogP contribution in [-0.4, -0.2) is 12.1 Å². The molecule has 0 N–H and O–H groups in total. The first-order valence-corrected chi connectivity index (χ1v) is 7.85. The minimum atomic E-state index is 0.176. The summed E-state index contributed by atoms with van der Waals surface area (Å²) in [5.41, 5.74) is 3.62. The number of para-hydroxylation sites is 1. The zero-order valence-corrected chi connectivity index (χ0v) is 13.6. The predicted octanol–water partition coefficient (Wildman–Crippen LogP) is 5.27. The van der Waals surface area contributed by atoms with Crippen molar-refractivity contribution in [1.29, 1.82) is 0 Å². The van der Waals surface area contributed by atoms with Crippen molar-refractivity contribution < 1.29 is 4.74 Å². The number of thiazole rings is 1. The van der Waals surface area contributed by atoms with E-state index in [1.165, 1.54) is 5.56 Å². The molecule has 1 heterocycles. The van der Waals surface area contributed by atoms with E-state index in [4.69, 9.17) is 9.72 Å². The molecule has 1 aromatic heterocycles. The summed E-state index contributed by atoms with van der Waals surface area (Å²) in [5, 5.41) is 1.04. The number of ether oxygens (including phenoxy) is 1. The van der Waals surface area contributed by atoms with Gasteiger partial charge in [0.1, 0.15) is 16.3 Å². The molecular weight excluding hydrogens is 278 g/mol. The molecule has 21 heavy (non-hydrogen) atoms. The highest BCUT2D eigenvalue weighted by atomic mass is 32.1. The van der Waals surface area contributed by atoms with Gasteiger partial charge in [-0.05, 0) is 23.1 Å². The number of benzene rings is 2. The van der Waals surface area contributed by atoms with Gasteiger partial charge in [0.2, 0.25) is 0 Å². The van der Waals surface area contributed by atoms with Gasteiger partial charge < -0.3 is 4.74 Å². The van der Waals surface area contributed by atoms with E-state index >= 15 is 0 Å². The van der Waals surface area contributed by atoms with E-state index in [9.17, 15) is 0 Å². The molecule has 0 aliphatic carbocycles. The Morgan fingerprint density at radius 3 is 2.33 bits per heavy atom. The zero-order valence-electron chi connectivity index (χ0n) is 12.8. The molecule has 0 saturated carbocycles. The van der Waals surface area contributed by atoms with Crippen LogP contribution in [0.25, 0.3) is 20.8 Å². The predicted molar refractivity (Wildman–Crippen MR) is 90.3 cm³/mol. The van der Waals surface area contributed by atoms with E-state index in [0.29, 0.717) is 0 Å². The number of hydrogen-bond acceptors (Lipinski definition) is 3. The summed E-state index contributed by atoms with van der Waals surface area (Å²) in [7, 11) is 1.69. The van der Waals surface area contributed by atoms with Crippen LogP contribution < -0.4 is 4.74 Å². The van der Waals surface area contributed by atoms with E-state index in [0.717, 1.165) is 26.5 Å². The fourth-order valence-corrected chi connectivity index (χ4v) is 3.31. The molecule has 0 spiro atoms. The highest BCUT2D eigenvalue weighted by molar-refractivity contribution is 7.21. The SMILES string of the molecule is COc1cccc2sc(-c3ccc(C(C)(C)C)cc3)nc12. The van der Waals surface area contributed by atoms with Gasteiger partial charge in [-0.3, -0.25) is 0 Å². The smallest absolute Gasteiger partial charge is 0.145 e. The lowest BCUT2D eigenvalue weighted by Gasteiger charge is -2.18. The van der Waals surface area contributed by atoms with Crippen LogP contribution in [0.15, 0.2) is 42.5 Å². The van der Waals surface area contributed by atoms with Gasteiger partial charge in [0, 0.05) is 5.56 Å². The Labute approximate surface area is 129 Å². The lowest BCUT2D eigenvalue weighted by atomic mass is 9.87. The highest BCUT2D eigenvalue weighted by Crippen LogP contribution is 2.35. The minimum Gasteiger partial charge on any atom is -0.494 e. The third kappa shape index (κ3) is 2.66. The lowest BCUT2D eigenvalue weighted by molar-refractivity contribution is 0.419. The topological polar surface area (TPSA) is 22.1 Å². The lowest BCUT2D eigenvalue weighted by Crippen LogP contribution is -2.10. The van der Waals surface area contributed by atoms with Crippen molar-refractivity contribution in [3.05, 3.63) is 48.0 Å². The first-order valence-electron chi connectivity index (χ1n) is 7.03. The molecule has 0 bridgehead atoms. The molecule has 3 heteroatoms. The summed E-state index contributed by atoms with van der Waals surface area (Å²) in [5.74, 6) is 0.835. The molecule has 108 valence electrons. The Kier molecular flexibility index (Phi) is 3.46. The Bertz CT molecular complexity index is 766.